The molecule has 0 aromatic heterocycles. The summed E-state index contributed by atoms with van der Waals surface area (Å²) in [6.07, 6.45) is 1.63. The van der Waals surface area contributed by atoms with Crippen molar-refractivity contribution in [3.05, 3.63) is 60.2 Å². The Hall–Kier alpha value is -2.49. The normalized spacial score (nSPS) is 11.6. The van der Waals surface area contributed by atoms with Crippen LogP contribution in [0.25, 0.3) is 0 Å². The number of amides is 1. The molecular weight excluding hydrogens is 312 g/mol. The fourth-order valence-electron chi connectivity index (χ4n) is 2.35. The van der Waals surface area contributed by atoms with Crippen LogP contribution in [0.15, 0.2) is 54.6 Å². The van der Waals surface area contributed by atoms with Crippen molar-refractivity contribution in [1.82, 2.24) is 5.32 Å². The van der Waals surface area contributed by atoms with Crippen LogP contribution in [-0.2, 0) is 11.4 Å². The average molecular weight is 340 g/mol. The van der Waals surface area contributed by atoms with Crippen LogP contribution in [0.1, 0.15) is 32.3 Å². The molecule has 0 fully saturated rings. The highest BCUT2D eigenvalue weighted by molar-refractivity contribution is 5.76. The second-order valence-electron chi connectivity index (χ2n) is 6.29. The number of anilines is 1. The summed E-state index contributed by atoms with van der Waals surface area (Å²) >= 11 is 0. The van der Waals surface area contributed by atoms with E-state index < -0.39 is 0 Å². The zero-order valence-electron chi connectivity index (χ0n) is 15.1. The number of carbonyl (C=O) groups is 1. The molecule has 0 spiro atoms. The van der Waals surface area contributed by atoms with Crippen LogP contribution in [-0.4, -0.2) is 19.0 Å². The van der Waals surface area contributed by atoms with E-state index in [-0.39, 0.29) is 5.91 Å². The molecule has 25 heavy (non-hydrogen) atoms. The standard InChI is InChI=1S/C21H28N2O2/c1-3-17(2)15-21(24)23-14-13-22-19-9-11-20(12-10-19)25-16-18-7-5-4-6-8-18/h4-12,17,22H,3,13-16H2,1-2H3,(H,23,24)/t17-/m0/s1. The predicted octanol–water partition coefficient (Wildman–Crippen LogP) is 4.23. The van der Waals surface area contributed by atoms with Gasteiger partial charge < -0.3 is 15.4 Å². The average Bonchev–Trinajstić information content (AvgIpc) is 2.65. The van der Waals surface area contributed by atoms with E-state index in [1.54, 1.807) is 0 Å². The maximum atomic E-state index is 11.7. The first kappa shape index (κ1) is 18.8. The molecule has 0 aliphatic heterocycles. The van der Waals surface area contributed by atoms with E-state index in [1.807, 2.05) is 54.6 Å². The monoisotopic (exact) mass is 340 g/mol. The number of benzene rings is 2. The van der Waals surface area contributed by atoms with Crippen molar-refractivity contribution in [2.45, 2.75) is 33.3 Å². The number of nitrogens with one attached hydrogen (secondary N) is 2. The van der Waals surface area contributed by atoms with E-state index in [9.17, 15) is 4.79 Å². The van der Waals surface area contributed by atoms with Gasteiger partial charge in [-0.25, -0.2) is 0 Å². The summed E-state index contributed by atoms with van der Waals surface area (Å²) in [7, 11) is 0. The second-order valence-corrected chi connectivity index (χ2v) is 6.29. The van der Waals surface area contributed by atoms with Crippen molar-refractivity contribution in [2.24, 2.45) is 5.92 Å². The molecule has 2 aromatic carbocycles. The molecule has 0 aliphatic carbocycles. The third-order valence-electron chi connectivity index (χ3n) is 4.11. The highest BCUT2D eigenvalue weighted by Gasteiger charge is 2.06. The Morgan fingerprint density at radius 1 is 1.04 bits per heavy atom. The van der Waals surface area contributed by atoms with Crippen molar-refractivity contribution >= 4 is 11.6 Å². The maximum Gasteiger partial charge on any atom is 0.220 e. The van der Waals surface area contributed by atoms with Gasteiger partial charge in [0.15, 0.2) is 0 Å². The summed E-state index contributed by atoms with van der Waals surface area (Å²) in [5, 5.41) is 6.24. The highest BCUT2D eigenvalue weighted by atomic mass is 16.5. The molecule has 1 amide bonds. The number of ether oxygens (including phenoxy) is 1. The summed E-state index contributed by atoms with van der Waals surface area (Å²) in [6.45, 7) is 6.10. The summed E-state index contributed by atoms with van der Waals surface area (Å²) < 4.78 is 5.77. The molecule has 0 heterocycles. The van der Waals surface area contributed by atoms with Crippen LogP contribution < -0.4 is 15.4 Å². The van der Waals surface area contributed by atoms with Crippen molar-refractivity contribution in [1.29, 1.82) is 0 Å². The number of carbonyl (C=O) groups excluding carboxylic acids is 1. The number of hydrogen-bond donors (Lipinski definition) is 2. The SMILES string of the molecule is CC[C@H](C)CC(=O)NCCNc1ccc(OCc2ccccc2)cc1. The third kappa shape index (κ3) is 7.29. The van der Waals surface area contributed by atoms with Gasteiger partial charge in [0.25, 0.3) is 0 Å². The van der Waals surface area contributed by atoms with Crippen LogP contribution in [0.5, 0.6) is 5.75 Å². The fourth-order valence-corrected chi connectivity index (χ4v) is 2.35. The number of hydrogen-bond acceptors (Lipinski definition) is 3. The first-order valence-electron chi connectivity index (χ1n) is 8.94. The van der Waals surface area contributed by atoms with Gasteiger partial charge in [-0.3, -0.25) is 4.79 Å². The maximum absolute atomic E-state index is 11.7. The fraction of sp³-hybridized carbons (Fsp3) is 0.381. The Morgan fingerprint density at radius 3 is 2.44 bits per heavy atom. The van der Waals surface area contributed by atoms with E-state index >= 15 is 0 Å². The molecule has 0 bridgehead atoms. The molecule has 1 atom stereocenters. The zero-order valence-corrected chi connectivity index (χ0v) is 15.1. The van der Waals surface area contributed by atoms with Crippen LogP contribution in [0, 0.1) is 5.92 Å². The molecule has 0 saturated carbocycles. The van der Waals surface area contributed by atoms with Crippen LogP contribution in [0.3, 0.4) is 0 Å². The Morgan fingerprint density at radius 2 is 1.76 bits per heavy atom. The topological polar surface area (TPSA) is 50.4 Å². The van der Waals surface area contributed by atoms with E-state index in [4.69, 9.17) is 4.74 Å². The minimum atomic E-state index is 0.126. The highest BCUT2D eigenvalue weighted by Crippen LogP contribution is 2.16. The summed E-state index contributed by atoms with van der Waals surface area (Å²) in [4.78, 5) is 11.7. The smallest absolute Gasteiger partial charge is 0.220 e. The molecule has 0 aliphatic rings. The van der Waals surface area contributed by atoms with E-state index in [2.05, 4.69) is 24.5 Å². The molecule has 134 valence electrons. The quantitative estimate of drug-likeness (QED) is 0.636. The van der Waals surface area contributed by atoms with E-state index in [1.165, 1.54) is 0 Å². The molecule has 4 nitrogen and oxygen atoms in total. The van der Waals surface area contributed by atoms with Gasteiger partial charge in [0.2, 0.25) is 5.91 Å². The van der Waals surface area contributed by atoms with Crippen LogP contribution in [0.4, 0.5) is 5.69 Å². The lowest BCUT2D eigenvalue weighted by molar-refractivity contribution is -0.121. The lowest BCUT2D eigenvalue weighted by Crippen LogP contribution is -2.29. The van der Waals surface area contributed by atoms with Gasteiger partial charge in [-0.1, -0.05) is 50.6 Å². The molecule has 0 radical (unpaired) electrons. The summed E-state index contributed by atoms with van der Waals surface area (Å²) in [6, 6.07) is 18.0. The third-order valence-corrected chi connectivity index (χ3v) is 4.11. The molecule has 4 heteroatoms. The Bertz CT molecular complexity index is 626. The lowest BCUT2D eigenvalue weighted by atomic mass is 10.1. The van der Waals surface area contributed by atoms with Gasteiger partial charge in [-0.15, -0.1) is 0 Å². The van der Waals surface area contributed by atoms with Gasteiger partial charge >= 0.3 is 0 Å². The molecule has 2 aromatic rings. The van der Waals surface area contributed by atoms with Gasteiger partial charge in [-0.2, -0.15) is 0 Å². The van der Waals surface area contributed by atoms with Gasteiger partial charge in [-0.05, 0) is 35.7 Å². The van der Waals surface area contributed by atoms with E-state index in [0.717, 1.165) is 23.4 Å². The van der Waals surface area contributed by atoms with Crippen molar-refractivity contribution in [2.75, 3.05) is 18.4 Å². The minimum Gasteiger partial charge on any atom is -0.489 e. The summed E-state index contributed by atoms with van der Waals surface area (Å²) in [5.74, 6) is 1.41. The van der Waals surface area contributed by atoms with Crippen LogP contribution >= 0.6 is 0 Å². The second kappa shape index (κ2) is 10.4. The molecular formula is C21H28N2O2. The van der Waals surface area contributed by atoms with Crippen molar-refractivity contribution in [3.8, 4) is 5.75 Å². The zero-order chi connectivity index (χ0) is 17.9. The van der Waals surface area contributed by atoms with Gasteiger partial charge in [0.05, 0.1) is 0 Å². The van der Waals surface area contributed by atoms with Crippen molar-refractivity contribution in [3.63, 3.8) is 0 Å². The van der Waals surface area contributed by atoms with E-state index in [0.29, 0.717) is 32.0 Å². The first-order valence-corrected chi connectivity index (χ1v) is 8.94. The molecule has 2 rings (SSSR count). The molecule has 0 saturated heterocycles. The molecule has 0 unspecified atom stereocenters. The van der Waals surface area contributed by atoms with Gasteiger partial charge in [0, 0.05) is 25.2 Å². The Balaban J connectivity index is 1.65. The molecule has 2 N–H and O–H groups in total. The number of rotatable bonds is 10. The first-order chi connectivity index (χ1) is 12.2. The predicted molar refractivity (Wildman–Crippen MR) is 103 cm³/mol. The minimum absolute atomic E-state index is 0.126. The van der Waals surface area contributed by atoms with Crippen LogP contribution in [0.2, 0.25) is 0 Å². The largest absolute Gasteiger partial charge is 0.489 e. The Labute approximate surface area is 150 Å². The van der Waals surface area contributed by atoms with Crippen molar-refractivity contribution < 1.29 is 9.53 Å². The summed E-state index contributed by atoms with van der Waals surface area (Å²) in [5.41, 5.74) is 2.17. The lowest BCUT2D eigenvalue weighted by Gasteiger charge is -2.11. The van der Waals surface area contributed by atoms with Gasteiger partial charge in [0.1, 0.15) is 12.4 Å². The Kier molecular flexibility index (Phi) is 7.83.